The van der Waals surface area contributed by atoms with Crippen LogP contribution in [-0.4, -0.2) is 17.5 Å². The van der Waals surface area contributed by atoms with Crippen molar-refractivity contribution < 1.29 is 14.5 Å². The van der Waals surface area contributed by atoms with Crippen molar-refractivity contribution in [3.8, 4) is 0 Å². The van der Waals surface area contributed by atoms with Crippen LogP contribution in [0.3, 0.4) is 0 Å². The number of hydrogen-bond donors (Lipinski definition) is 1. The average molecular weight is 271 g/mol. The summed E-state index contributed by atoms with van der Waals surface area (Å²) in [5.74, 6) is -0.982. The third-order valence-corrected chi connectivity index (χ3v) is 2.15. The van der Waals surface area contributed by atoms with Crippen LogP contribution >= 0.6 is 11.6 Å². The molecule has 18 heavy (non-hydrogen) atoms. The zero-order valence-electron chi connectivity index (χ0n) is 9.55. The Morgan fingerprint density at radius 3 is 2.61 bits per heavy atom. The topological polar surface area (TPSA) is 81.5 Å². The van der Waals surface area contributed by atoms with E-state index in [9.17, 15) is 14.9 Å². The fraction of sp³-hybridized carbons (Fsp3) is 0.182. The Morgan fingerprint density at radius 2 is 2.11 bits per heavy atom. The van der Waals surface area contributed by atoms with Crippen LogP contribution in [0.2, 0.25) is 5.02 Å². The molecule has 0 aliphatic carbocycles. The number of ether oxygens (including phenoxy) is 1. The monoisotopic (exact) mass is 270 g/mol. The Balaban J connectivity index is 2.80. The van der Waals surface area contributed by atoms with E-state index in [1.807, 2.05) is 0 Å². The third kappa shape index (κ3) is 4.06. The molecule has 0 saturated carbocycles. The summed E-state index contributed by atoms with van der Waals surface area (Å²) < 4.78 is 4.56. The van der Waals surface area contributed by atoms with Crippen molar-refractivity contribution in [2.75, 3.05) is 11.9 Å². The van der Waals surface area contributed by atoms with Gasteiger partial charge in [-0.05, 0) is 31.2 Å². The van der Waals surface area contributed by atoms with Gasteiger partial charge in [-0.2, -0.15) is 0 Å². The number of esters is 1. The first kappa shape index (κ1) is 14.0. The summed E-state index contributed by atoms with van der Waals surface area (Å²) in [6.07, 6.45) is 0.987. The van der Waals surface area contributed by atoms with E-state index in [0.717, 1.165) is 6.20 Å². The number of nitrogens with zero attached hydrogens (tertiary/aromatic N) is 1. The van der Waals surface area contributed by atoms with Gasteiger partial charge in [-0.1, -0.05) is 11.6 Å². The Labute approximate surface area is 108 Å². The highest BCUT2D eigenvalue weighted by Crippen LogP contribution is 2.13. The number of nitrogens with one attached hydrogen (secondary N) is 1. The second-order valence-electron chi connectivity index (χ2n) is 3.16. The molecular formula is C11H11ClN2O4. The quantitative estimate of drug-likeness (QED) is 0.385. The van der Waals surface area contributed by atoms with Gasteiger partial charge in [0.05, 0.1) is 17.7 Å². The first-order valence-corrected chi connectivity index (χ1v) is 5.46. The molecule has 0 saturated heterocycles. The maximum absolute atomic E-state index is 11.3. The number of carbonyl (C=O) groups is 1. The number of anilines is 1. The number of rotatable bonds is 5. The minimum atomic E-state index is -0.982. The Hall–Kier alpha value is -2.08. The van der Waals surface area contributed by atoms with E-state index in [4.69, 9.17) is 11.6 Å². The highest BCUT2D eigenvalue weighted by atomic mass is 35.5. The summed E-state index contributed by atoms with van der Waals surface area (Å²) in [5, 5.41) is 13.8. The molecule has 1 aromatic carbocycles. The number of hydrogen-bond acceptors (Lipinski definition) is 5. The third-order valence-electron chi connectivity index (χ3n) is 1.90. The van der Waals surface area contributed by atoms with Crippen LogP contribution < -0.4 is 5.32 Å². The molecule has 0 heterocycles. The van der Waals surface area contributed by atoms with Gasteiger partial charge in [0, 0.05) is 10.7 Å². The van der Waals surface area contributed by atoms with E-state index in [2.05, 4.69) is 10.1 Å². The predicted octanol–water partition coefficient (Wildman–Crippen LogP) is 2.43. The van der Waals surface area contributed by atoms with Crippen LogP contribution in [0.25, 0.3) is 0 Å². The van der Waals surface area contributed by atoms with E-state index >= 15 is 0 Å². The molecular weight excluding hydrogens is 260 g/mol. The summed E-state index contributed by atoms with van der Waals surface area (Å²) in [7, 11) is 0. The molecule has 1 aromatic rings. The molecule has 0 fully saturated rings. The van der Waals surface area contributed by atoms with Crippen molar-refractivity contribution in [3.05, 3.63) is 51.3 Å². The van der Waals surface area contributed by atoms with Crippen LogP contribution in [-0.2, 0) is 9.53 Å². The lowest BCUT2D eigenvalue weighted by molar-refractivity contribution is -0.421. The maximum atomic E-state index is 11.3. The van der Waals surface area contributed by atoms with Crippen molar-refractivity contribution in [1.29, 1.82) is 0 Å². The average Bonchev–Trinajstić information content (AvgIpc) is 2.31. The lowest BCUT2D eigenvalue weighted by atomic mass is 10.3. The molecule has 0 aliphatic rings. The SMILES string of the molecule is CCOC(=O)/C(=C\Nc1ccc(Cl)cc1)[N+](=O)[O-]. The van der Waals surface area contributed by atoms with Crippen LogP contribution in [0.5, 0.6) is 0 Å². The van der Waals surface area contributed by atoms with Gasteiger partial charge in [0.15, 0.2) is 0 Å². The zero-order chi connectivity index (χ0) is 13.5. The van der Waals surface area contributed by atoms with Crippen molar-refractivity contribution >= 4 is 23.3 Å². The lowest BCUT2D eigenvalue weighted by Crippen LogP contribution is -2.16. The number of halogens is 1. The van der Waals surface area contributed by atoms with Crippen molar-refractivity contribution in [2.24, 2.45) is 0 Å². The van der Waals surface area contributed by atoms with E-state index < -0.39 is 16.6 Å². The van der Waals surface area contributed by atoms with E-state index in [0.29, 0.717) is 10.7 Å². The van der Waals surface area contributed by atoms with Gasteiger partial charge in [0.25, 0.3) is 0 Å². The highest BCUT2D eigenvalue weighted by molar-refractivity contribution is 6.30. The highest BCUT2D eigenvalue weighted by Gasteiger charge is 2.23. The van der Waals surface area contributed by atoms with E-state index in [1.165, 1.54) is 0 Å². The summed E-state index contributed by atoms with van der Waals surface area (Å²) in [6.45, 7) is 1.65. The van der Waals surface area contributed by atoms with Crippen LogP contribution in [0.4, 0.5) is 5.69 Å². The second kappa shape index (κ2) is 6.61. The van der Waals surface area contributed by atoms with Gasteiger partial charge in [-0.3, -0.25) is 10.1 Å². The van der Waals surface area contributed by atoms with Crippen molar-refractivity contribution in [1.82, 2.24) is 0 Å². The van der Waals surface area contributed by atoms with Crippen LogP contribution in [0.15, 0.2) is 36.2 Å². The number of carbonyl (C=O) groups excluding carboxylic acids is 1. The first-order valence-electron chi connectivity index (χ1n) is 5.08. The molecule has 96 valence electrons. The fourth-order valence-electron chi connectivity index (χ4n) is 1.09. The maximum Gasteiger partial charge on any atom is 0.411 e. The molecule has 0 atom stereocenters. The summed E-state index contributed by atoms with van der Waals surface area (Å²) in [4.78, 5) is 21.1. The summed E-state index contributed by atoms with van der Waals surface area (Å²) >= 11 is 5.69. The minimum absolute atomic E-state index is 0.0744. The van der Waals surface area contributed by atoms with Gasteiger partial charge >= 0.3 is 11.7 Å². The Bertz CT molecular complexity index is 470. The smallest absolute Gasteiger partial charge is 0.411 e. The van der Waals surface area contributed by atoms with Crippen molar-refractivity contribution in [3.63, 3.8) is 0 Å². The molecule has 0 aliphatic heterocycles. The molecule has 0 spiro atoms. The zero-order valence-corrected chi connectivity index (χ0v) is 10.3. The van der Waals surface area contributed by atoms with E-state index in [1.54, 1.807) is 31.2 Å². The van der Waals surface area contributed by atoms with Gasteiger partial charge in [0.2, 0.25) is 0 Å². The molecule has 0 aromatic heterocycles. The molecule has 0 amide bonds. The van der Waals surface area contributed by atoms with Crippen LogP contribution in [0, 0.1) is 10.1 Å². The minimum Gasteiger partial charge on any atom is -0.458 e. The van der Waals surface area contributed by atoms with E-state index in [-0.39, 0.29) is 6.61 Å². The van der Waals surface area contributed by atoms with Gasteiger partial charge < -0.3 is 10.1 Å². The Kier molecular flexibility index (Phi) is 5.13. The number of benzene rings is 1. The van der Waals surface area contributed by atoms with Crippen LogP contribution in [0.1, 0.15) is 6.92 Å². The number of nitro groups is 1. The molecule has 0 radical (unpaired) electrons. The molecule has 1 N–H and O–H groups in total. The second-order valence-corrected chi connectivity index (χ2v) is 3.59. The molecule has 7 heteroatoms. The Morgan fingerprint density at radius 1 is 1.50 bits per heavy atom. The fourth-order valence-corrected chi connectivity index (χ4v) is 1.21. The first-order chi connectivity index (χ1) is 8.54. The molecule has 1 rings (SSSR count). The summed E-state index contributed by atoms with van der Waals surface area (Å²) in [6, 6.07) is 6.49. The largest absolute Gasteiger partial charge is 0.458 e. The standard InChI is InChI=1S/C11H11ClN2O4/c1-2-18-11(15)10(14(16)17)7-13-9-5-3-8(12)4-6-9/h3-7,13H,2H2,1H3/b10-7+. The molecule has 6 nitrogen and oxygen atoms in total. The summed E-state index contributed by atoms with van der Waals surface area (Å²) in [5.41, 5.74) is -0.0881. The predicted molar refractivity (Wildman–Crippen MR) is 66.8 cm³/mol. The van der Waals surface area contributed by atoms with Crippen molar-refractivity contribution in [2.45, 2.75) is 6.92 Å². The lowest BCUT2D eigenvalue weighted by Gasteiger charge is -2.02. The van der Waals surface area contributed by atoms with Gasteiger partial charge in [-0.25, -0.2) is 4.79 Å². The van der Waals surface area contributed by atoms with Gasteiger partial charge in [0.1, 0.15) is 0 Å². The normalized spacial score (nSPS) is 10.9. The van der Waals surface area contributed by atoms with Gasteiger partial charge in [-0.15, -0.1) is 0 Å². The molecule has 0 unspecified atom stereocenters. The molecule has 0 bridgehead atoms.